The number of aliphatic hydroxyl groups excluding tert-OH is 1. The van der Waals surface area contributed by atoms with Crippen molar-refractivity contribution in [3.05, 3.63) is 0 Å². The smallest absolute Gasteiger partial charge is 0.268 e. The van der Waals surface area contributed by atoms with Gasteiger partial charge in [-0.15, -0.1) is 0 Å². The molecule has 0 saturated heterocycles. The lowest BCUT2D eigenvalue weighted by atomic mass is 10.1. The minimum Gasteiger partial charge on any atom is -0.756 e. The minimum absolute atomic E-state index is 0.187. The van der Waals surface area contributed by atoms with E-state index >= 15 is 0 Å². The van der Waals surface area contributed by atoms with Crippen LogP contribution in [0.1, 0.15) is 26.7 Å². The van der Waals surface area contributed by atoms with Crippen LogP contribution in [0.3, 0.4) is 0 Å². The first-order chi connectivity index (χ1) is 22.5. The number of hydrogen-bond acceptors (Lipinski definition) is 24. The quantitative estimate of drug-likeness (QED) is 0.0547. The van der Waals surface area contributed by atoms with Crippen LogP contribution in [-0.2, 0) is 77.2 Å². The molecule has 31 heteroatoms. The van der Waals surface area contributed by atoms with Gasteiger partial charge in [-0.05, 0) is 12.8 Å². The lowest BCUT2D eigenvalue weighted by Crippen LogP contribution is -2.20. The van der Waals surface area contributed by atoms with Crippen LogP contribution in [-0.4, -0.2) is 89.3 Å². The van der Waals surface area contributed by atoms with Crippen LogP contribution in [0, 0.1) is 11.8 Å². The molecule has 0 aromatic carbocycles. The molecule has 49 heavy (non-hydrogen) atoms. The van der Waals surface area contributed by atoms with Crippen molar-refractivity contribution >= 4 is 46.9 Å². The first-order valence-electron chi connectivity index (χ1n) is 13.8. The number of aliphatic hydroxyl groups is 1. The second-order valence-electron chi connectivity index (χ2n) is 8.99. The maximum Gasteiger partial charge on any atom is 0.268 e. The lowest BCUT2D eigenvalue weighted by Gasteiger charge is -2.27. The number of phosphoric acid groups is 6. The molecule has 0 aliphatic carbocycles. The van der Waals surface area contributed by atoms with Crippen LogP contribution in [0.2, 0.25) is 0 Å². The van der Waals surface area contributed by atoms with E-state index in [1.54, 1.807) is 13.8 Å². The van der Waals surface area contributed by atoms with Crippen LogP contribution in [0.4, 0.5) is 0 Å². The summed E-state index contributed by atoms with van der Waals surface area (Å²) in [5, 5.41) is 9.01. The third kappa shape index (κ3) is 28.8. The third-order valence-electron chi connectivity index (χ3n) is 5.15. The molecule has 0 aromatic rings. The highest BCUT2D eigenvalue weighted by Crippen LogP contribution is 2.44. The largest absolute Gasteiger partial charge is 0.756 e. The van der Waals surface area contributed by atoms with Crippen molar-refractivity contribution in [2.45, 2.75) is 26.7 Å². The topological polar surface area (TPSA) is 383 Å². The summed E-state index contributed by atoms with van der Waals surface area (Å²) in [6, 6.07) is 0. The highest BCUT2D eigenvalue weighted by atomic mass is 31.2. The zero-order valence-electron chi connectivity index (χ0n) is 26.0. The second kappa shape index (κ2) is 24.1. The summed E-state index contributed by atoms with van der Waals surface area (Å²) < 4.78 is 117. The van der Waals surface area contributed by atoms with E-state index in [-0.39, 0.29) is 19.6 Å². The predicted octanol–water partition coefficient (Wildman–Crippen LogP) is -1.98. The number of rotatable bonds is 32. The average molecular weight is 840 g/mol. The maximum atomic E-state index is 11.7. The van der Waals surface area contributed by atoms with Gasteiger partial charge in [0.1, 0.15) is 0 Å². The first-order valence-corrected chi connectivity index (χ1v) is 22.6. The lowest BCUT2D eigenvalue weighted by molar-refractivity contribution is -0.238. The van der Waals surface area contributed by atoms with Gasteiger partial charge in [-0.25, -0.2) is 0 Å². The summed E-state index contributed by atoms with van der Waals surface area (Å²) in [5.74, 6) is -1.24. The third-order valence-corrected chi connectivity index (χ3v) is 10.5. The second-order valence-corrected chi connectivity index (χ2v) is 17.2. The Morgan fingerprint density at radius 3 is 0.878 bits per heavy atom. The monoisotopic (exact) mass is 840 g/mol. The molecular weight excluding hydrogens is 802 g/mol. The summed E-state index contributed by atoms with van der Waals surface area (Å²) >= 11 is 0. The van der Waals surface area contributed by atoms with E-state index in [1.807, 2.05) is 0 Å². The normalized spacial score (nSPS) is 20.9. The molecule has 0 aromatic heterocycles. The Bertz CT molecular complexity index is 1210. The van der Waals surface area contributed by atoms with Gasteiger partial charge in [-0.3, -0.25) is 27.4 Å². The van der Waals surface area contributed by atoms with Crippen LogP contribution in [0.5, 0.6) is 0 Å². The van der Waals surface area contributed by atoms with E-state index < -0.39 is 125 Å². The molecule has 0 fully saturated rings. The van der Waals surface area contributed by atoms with Crippen molar-refractivity contribution in [3.8, 4) is 0 Å². The van der Waals surface area contributed by atoms with Gasteiger partial charge < -0.3 is 89.1 Å². The van der Waals surface area contributed by atoms with Gasteiger partial charge in [0.25, 0.3) is 46.9 Å². The standard InChI is InChI=1S/C18H44O25P6/c1-3-17(13-19)14-42-48(29,30)39-11-9-37-46(25,26)35-7-5-33-45(23,24)34-6-8-36-47(27,28)38-10-12-40-49(31,32)43-16-18(4-2)15-41-44(20,21)22/h17-19H,3-16H2,1-2H3,(H,23,24)(H,25,26)(H,27,28)(H,29,30)(H,31,32)(H2,20,21,22)/p-6. The van der Waals surface area contributed by atoms with Gasteiger partial charge in [0, 0.05) is 18.4 Å². The van der Waals surface area contributed by atoms with Crippen LogP contribution >= 0.6 is 46.9 Å². The number of hydrogen-bond donors (Lipinski definition) is 2. The molecule has 0 spiro atoms. The molecule has 0 saturated carbocycles. The van der Waals surface area contributed by atoms with Gasteiger partial charge in [0.05, 0.1) is 72.7 Å². The molecule has 0 heterocycles. The molecule has 0 aliphatic heterocycles. The SMILES string of the molecule is CCC(CO)COP(=O)([O-])OCCOP(=O)([O-])OCCOP(=O)([O-])OCCOP(=O)([O-])OCCOP(=O)([O-])OCC(CC)COP(=O)([O-])O. The summed E-state index contributed by atoms with van der Waals surface area (Å²) in [6.07, 6.45) is 0.609. The number of phosphoric ester groups is 6. The Hall–Kier alpha value is 0.620. The molecule has 0 radical (unpaired) electrons. The molecule has 25 nitrogen and oxygen atoms in total. The Balaban J connectivity index is 4.22. The average Bonchev–Trinajstić information content (AvgIpc) is 2.98. The van der Waals surface area contributed by atoms with Gasteiger partial charge in [0.2, 0.25) is 0 Å². The van der Waals surface area contributed by atoms with Crippen molar-refractivity contribution in [1.29, 1.82) is 0 Å². The van der Waals surface area contributed by atoms with Crippen LogP contribution in [0.15, 0.2) is 0 Å². The van der Waals surface area contributed by atoms with Gasteiger partial charge in [-0.1, -0.05) is 13.8 Å². The van der Waals surface area contributed by atoms with Gasteiger partial charge >= 0.3 is 0 Å². The highest BCUT2D eigenvalue weighted by molar-refractivity contribution is 7.47. The predicted molar refractivity (Wildman–Crippen MR) is 148 cm³/mol. The van der Waals surface area contributed by atoms with Gasteiger partial charge in [0.15, 0.2) is 0 Å². The molecule has 2 N–H and O–H groups in total. The van der Waals surface area contributed by atoms with Crippen LogP contribution < -0.4 is 29.4 Å². The van der Waals surface area contributed by atoms with Crippen molar-refractivity contribution in [2.75, 3.05) is 79.3 Å². The Labute approximate surface area is 281 Å². The first kappa shape index (κ1) is 49.6. The fraction of sp³-hybridized carbons (Fsp3) is 1.00. The maximum absolute atomic E-state index is 11.7. The molecule has 0 bridgehead atoms. The van der Waals surface area contributed by atoms with Crippen molar-refractivity contribution in [2.24, 2.45) is 11.8 Å². The van der Waals surface area contributed by atoms with Crippen LogP contribution in [0.25, 0.3) is 0 Å². The van der Waals surface area contributed by atoms with Crippen molar-refractivity contribution in [1.82, 2.24) is 0 Å². The van der Waals surface area contributed by atoms with E-state index in [4.69, 9.17) is 10.00 Å². The molecule has 0 amide bonds. The van der Waals surface area contributed by atoms with E-state index in [9.17, 15) is 56.8 Å². The summed E-state index contributed by atoms with van der Waals surface area (Å²) in [6.45, 7) is -5.73. The zero-order chi connectivity index (χ0) is 37.8. The zero-order valence-corrected chi connectivity index (χ0v) is 31.4. The van der Waals surface area contributed by atoms with E-state index in [0.717, 1.165) is 0 Å². The molecule has 0 rings (SSSR count). The highest BCUT2D eigenvalue weighted by Gasteiger charge is 2.19. The summed E-state index contributed by atoms with van der Waals surface area (Å²) in [4.78, 5) is 77.6. The van der Waals surface area contributed by atoms with E-state index in [2.05, 4.69) is 49.8 Å². The molecular formula is C18H38O25P6-6. The fourth-order valence-electron chi connectivity index (χ4n) is 2.56. The van der Waals surface area contributed by atoms with E-state index in [1.165, 1.54) is 0 Å². The Kier molecular flexibility index (Phi) is 24.4. The summed E-state index contributed by atoms with van der Waals surface area (Å²) in [7, 11) is -30.2. The molecule has 0 aliphatic rings. The Morgan fingerprint density at radius 2 is 0.653 bits per heavy atom. The molecule has 8 atom stereocenters. The minimum atomic E-state index is -5.13. The van der Waals surface area contributed by atoms with Crippen molar-refractivity contribution < 1.29 is 117 Å². The molecule has 296 valence electrons. The van der Waals surface area contributed by atoms with Gasteiger partial charge in [-0.2, -0.15) is 0 Å². The summed E-state index contributed by atoms with van der Waals surface area (Å²) in [5.41, 5.74) is 0. The molecule has 8 unspecified atom stereocenters. The van der Waals surface area contributed by atoms with Crippen molar-refractivity contribution in [3.63, 3.8) is 0 Å². The fourth-order valence-corrected chi connectivity index (χ4v) is 6.50. The van der Waals surface area contributed by atoms with E-state index in [0.29, 0.717) is 6.42 Å². The Morgan fingerprint density at radius 1 is 0.429 bits per heavy atom.